The molecule has 0 aromatic heterocycles. The van der Waals surface area contributed by atoms with Crippen molar-refractivity contribution in [2.24, 2.45) is 0 Å². The first-order chi connectivity index (χ1) is 13.7. The Bertz CT molecular complexity index is 1170. The van der Waals surface area contributed by atoms with Crippen molar-refractivity contribution in [1.29, 1.82) is 0 Å². The summed E-state index contributed by atoms with van der Waals surface area (Å²) in [4.78, 5) is 11.4. The minimum absolute atomic E-state index is 0.00835. The average Bonchev–Trinajstić information content (AvgIpc) is 2.69. The second kappa shape index (κ2) is 8.21. The van der Waals surface area contributed by atoms with Crippen LogP contribution in [0.25, 0.3) is 10.8 Å². The summed E-state index contributed by atoms with van der Waals surface area (Å²) >= 11 is 0. The lowest BCUT2D eigenvalue weighted by Crippen LogP contribution is -2.03. The summed E-state index contributed by atoms with van der Waals surface area (Å²) < 4.78 is 49.0. The highest BCUT2D eigenvalue weighted by Crippen LogP contribution is 2.36. The molecule has 0 N–H and O–H groups in total. The molecule has 0 aliphatic heterocycles. The fraction of sp³-hybridized carbons (Fsp3) is 0.227. The van der Waals surface area contributed by atoms with Gasteiger partial charge in [-0.25, -0.2) is 12.8 Å². The van der Waals surface area contributed by atoms with Crippen LogP contribution in [0, 0.1) is 12.7 Å². The van der Waals surface area contributed by atoms with Crippen molar-refractivity contribution in [1.82, 2.24) is 0 Å². The summed E-state index contributed by atoms with van der Waals surface area (Å²) in [7, 11) is -3.31. The van der Waals surface area contributed by atoms with Crippen LogP contribution in [0.4, 0.5) is 4.39 Å². The zero-order valence-corrected chi connectivity index (χ0v) is 17.2. The van der Waals surface area contributed by atoms with Gasteiger partial charge >= 0.3 is 5.97 Å². The lowest BCUT2D eigenvalue weighted by Gasteiger charge is -2.16. The van der Waals surface area contributed by atoms with E-state index in [9.17, 15) is 17.6 Å². The molecule has 0 radical (unpaired) electrons. The molecule has 5 nitrogen and oxygen atoms in total. The van der Waals surface area contributed by atoms with Crippen LogP contribution in [0.1, 0.15) is 25.0 Å². The van der Waals surface area contributed by atoms with Crippen LogP contribution < -0.4 is 4.74 Å². The second-order valence-corrected chi connectivity index (χ2v) is 8.89. The van der Waals surface area contributed by atoms with E-state index in [1.807, 2.05) is 6.07 Å². The van der Waals surface area contributed by atoms with Crippen LogP contribution in [0.3, 0.4) is 0 Å². The Morgan fingerprint density at radius 3 is 2.38 bits per heavy atom. The van der Waals surface area contributed by atoms with E-state index >= 15 is 0 Å². The number of esters is 1. The first kappa shape index (κ1) is 20.8. The summed E-state index contributed by atoms with van der Waals surface area (Å²) in [5.74, 6) is 0.0419. The summed E-state index contributed by atoms with van der Waals surface area (Å²) in [6.07, 6.45) is 0. The van der Waals surface area contributed by atoms with Gasteiger partial charge in [-0.15, -0.1) is 0 Å². The summed E-state index contributed by atoms with van der Waals surface area (Å²) in [5.41, 5.74) is 1.44. The maximum atomic E-state index is 13.9. The van der Waals surface area contributed by atoms with Crippen LogP contribution >= 0.6 is 0 Å². The van der Waals surface area contributed by atoms with E-state index in [2.05, 4.69) is 0 Å². The zero-order valence-electron chi connectivity index (χ0n) is 16.4. The maximum Gasteiger partial charge on any atom is 0.302 e. The third-order valence-electron chi connectivity index (χ3n) is 4.63. The molecule has 3 aromatic rings. The number of fused-ring (bicyclic) bond motifs is 1. The molecule has 29 heavy (non-hydrogen) atoms. The van der Waals surface area contributed by atoms with Gasteiger partial charge in [-0.05, 0) is 65.9 Å². The molecule has 0 heterocycles. The number of rotatable bonds is 6. The molecule has 0 fully saturated rings. The number of halogens is 1. The fourth-order valence-corrected chi connectivity index (χ4v) is 3.84. The Morgan fingerprint density at radius 2 is 1.76 bits per heavy atom. The second-order valence-electron chi connectivity index (χ2n) is 6.61. The minimum atomic E-state index is -3.31. The third kappa shape index (κ3) is 4.56. The maximum absolute atomic E-state index is 13.9. The van der Waals surface area contributed by atoms with E-state index in [1.165, 1.54) is 31.2 Å². The number of carbonyl (C=O) groups is 1. The zero-order chi connectivity index (χ0) is 21.2. The minimum Gasteiger partial charge on any atom is -0.461 e. The molecule has 0 unspecified atom stereocenters. The van der Waals surface area contributed by atoms with Crippen molar-refractivity contribution in [3.63, 3.8) is 0 Å². The van der Waals surface area contributed by atoms with Crippen LogP contribution in [0.5, 0.6) is 11.5 Å². The predicted molar refractivity (Wildman–Crippen MR) is 108 cm³/mol. The van der Waals surface area contributed by atoms with Crippen molar-refractivity contribution in [2.45, 2.75) is 32.3 Å². The molecule has 0 spiro atoms. The average molecular weight is 416 g/mol. The molecule has 0 aliphatic rings. The molecule has 3 rings (SSSR count). The summed E-state index contributed by atoms with van der Waals surface area (Å²) in [6, 6.07) is 12.3. The highest BCUT2D eigenvalue weighted by Gasteiger charge is 2.16. The molecule has 0 bridgehead atoms. The topological polar surface area (TPSA) is 69.7 Å². The number of ether oxygens (including phenoxy) is 2. The fourth-order valence-electron chi connectivity index (χ4n) is 2.96. The summed E-state index contributed by atoms with van der Waals surface area (Å²) in [6.45, 7) is 4.78. The molecule has 152 valence electrons. The van der Waals surface area contributed by atoms with Gasteiger partial charge in [0.25, 0.3) is 0 Å². The molecule has 0 saturated heterocycles. The van der Waals surface area contributed by atoms with Gasteiger partial charge in [-0.2, -0.15) is 0 Å². The Balaban J connectivity index is 2.06. The van der Waals surface area contributed by atoms with Gasteiger partial charge in [-0.3, -0.25) is 4.79 Å². The Labute approximate surface area is 169 Å². The SMILES string of the molecule is CCS(=O)(=O)c1ccc(Oc2c(C)c(COC(C)=O)cc3ccc(F)cc23)cc1. The van der Waals surface area contributed by atoms with Crippen LogP contribution in [-0.2, 0) is 26.0 Å². The van der Waals surface area contributed by atoms with Crippen molar-refractivity contribution in [2.75, 3.05) is 5.75 Å². The lowest BCUT2D eigenvalue weighted by atomic mass is 10.0. The Morgan fingerprint density at radius 1 is 1.07 bits per heavy atom. The van der Waals surface area contributed by atoms with Gasteiger partial charge in [0.2, 0.25) is 0 Å². The van der Waals surface area contributed by atoms with Gasteiger partial charge in [0.05, 0.1) is 10.6 Å². The largest absolute Gasteiger partial charge is 0.461 e. The van der Waals surface area contributed by atoms with Gasteiger partial charge in [0, 0.05) is 12.3 Å². The van der Waals surface area contributed by atoms with Gasteiger partial charge in [0.15, 0.2) is 9.84 Å². The van der Waals surface area contributed by atoms with Crippen molar-refractivity contribution < 1.29 is 27.1 Å². The van der Waals surface area contributed by atoms with E-state index in [0.717, 1.165) is 10.9 Å². The van der Waals surface area contributed by atoms with E-state index in [4.69, 9.17) is 9.47 Å². The Kier molecular flexibility index (Phi) is 5.88. The highest BCUT2D eigenvalue weighted by molar-refractivity contribution is 7.91. The molecule has 0 aliphatic carbocycles. The molecular formula is C22H21FO5S. The van der Waals surface area contributed by atoms with Crippen LogP contribution in [-0.4, -0.2) is 20.1 Å². The summed E-state index contributed by atoms with van der Waals surface area (Å²) in [5, 5.41) is 1.30. The Hall–Kier alpha value is -2.93. The van der Waals surface area contributed by atoms with Gasteiger partial charge in [-0.1, -0.05) is 13.0 Å². The number of sulfone groups is 1. The molecule has 0 saturated carbocycles. The standard InChI is InChI=1S/C22H21FO5S/c1-4-29(25,26)20-9-7-19(8-10-20)28-22-14(2)17(13-27-15(3)24)11-16-5-6-18(23)12-21(16)22/h5-12H,4,13H2,1-3H3. The predicted octanol–water partition coefficient (Wildman–Crippen LogP) is 4.94. The van der Waals surface area contributed by atoms with E-state index in [-0.39, 0.29) is 17.3 Å². The van der Waals surface area contributed by atoms with Crippen molar-refractivity contribution >= 4 is 26.6 Å². The van der Waals surface area contributed by atoms with Crippen LogP contribution in [0.15, 0.2) is 53.4 Å². The van der Waals surface area contributed by atoms with Gasteiger partial charge in [0.1, 0.15) is 23.9 Å². The van der Waals surface area contributed by atoms with Crippen LogP contribution in [0.2, 0.25) is 0 Å². The number of hydrogen-bond acceptors (Lipinski definition) is 5. The quantitative estimate of drug-likeness (QED) is 0.533. The first-order valence-electron chi connectivity index (χ1n) is 9.07. The molecular weight excluding hydrogens is 395 g/mol. The molecule has 3 aromatic carbocycles. The van der Waals surface area contributed by atoms with Crippen molar-refractivity contribution in [3.8, 4) is 11.5 Å². The van der Waals surface area contributed by atoms with E-state index in [0.29, 0.717) is 22.4 Å². The monoisotopic (exact) mass is 416 g/mol. The smallest absolute Gasteiger partial charge is 0.302 e. The molecule has 0 atom stereocenters. The van der Waals surface area contributed by atoms with Gasteiger partial charge < -0.3 is 9.47 Å². The molecule has 0 amide bonds. The normalized spacial score (nSPS) is 11.4. The third-order valence-corrected chi connectivity index (χ3v) is 6.38. The van der Waals surface area contributed by atoms with E-state index < -0.39 is 21.6 Å². The lowest BCUT2D eigenvalue weighted by molar-refractivity contribution is -0.142. The number of carbonyl (C=O) groups excluding carboxylic acids is 1. The molecule has 7 heteroatoms. The number of benzene rings is 3. The number of hydrogen-bond donors (Lipinski definition) is 0. The van der Waals surface area contributed by atoms with Crippen molar-refractivity contribution in [3.05, 3.63) is 65.5 Å². The van der Waals surface area contributed by atoms with E-state index in [1.54, 1.807) is 32.0 Å². The highest BCUT2D eigenvalue weighted by atomic mass is 32.2. The first-order valence-corrected chi connectivity index (χ1v) is 10.7.